The van der Waals surface area contributed by atoms with Crippen LogP contribution in [0.15, 0.2) is 42.6 Å². The highest BCUT2D eigenvalue weighted by molar-refractivity contribution is 6.35. The molecule has 1 aromatic carbocycles. The van der Waals surface area contributed by atoms with Gasteiger partial charge in [0, 0.05) is 30.4 Å². The van der Waals surface area contributed by atoms with E-state index in [0.29, 0.717) is 40.2 Å². The van der Waals surface area contributed by atoms with Crippen LogP contribution < -0.4 is 5.32 Å². The Hall–Kier alpha value is -2.57. The van der Waals surface area contributed by atoms with Crippen LogP contribution in [0.25, 0.3) is 5.52 Å². The third-order valence-electron chi connectivity index (χ3n) is 5.41. The molecule has 0 aliphatic carbocycles. The van der Waals surface area contributed by atoms with E-state index in [1.165, 1.54) is 0 Å². The summed E-state index contributed by atoms with van der Waals surface area (Å²) in [6, 6.07) is 10.5. The molecule has 0 radical (unpaired) electrons. The molecule has 156 valence electrons. The number of hydrogen-bond acceptors (Lipinski definition) is 3. The van der Waals surface area contributed by atoms with E-state index in [-0.39, 0.29) is 17.9 Å². The van der Waals surface area contributed by atoms with Crippen LogP contribution in [0.4, 0.5) is 0 Å². The summed E-state index contributed by atoms with van der Waals surface area (Å²) in [6.07, 6.45) is 2.62. The average molecular weight is 445 g/mol. The van der Waals surface area contributed by atoms with Gasteiger partial charge in [0.05, 0.1) is 27.4 Å². The summed E-state index contributed by atoms with van der Waals surface area (Å²) in [5.74, 6) is 0.0952. The second-order valence-corrected chi connectivity index (χ2v) is 8.65. The van der Waals surface area contributed by atoms with Crippen LogP contribution in [0.1, 0.15) is 39.8 Å². The molecule has 6 nitrogen and oxygen atoms in total. The molecule has 4 rings (SSSR count). The van der Waals surface area contributed by atoms with Crippen LogP contribution in [0.3, 0.4) is 0 Å². The van der Waals surface area contributed by atoms with Gasteiger partial charge in [-0.05, 0) is 56.5 Å². The molecule has 30 heavy (non-hydrogen) atoms. The molecule has 1 unspecified atom stereocenters. The van der Waals surface area contributed by atoms with Crippen molar-refractivity contribution < 1.29 is 9.59 Å². The van der Waals surface area contributed by atoms with Crippen LogP contribution in [0.5, 0.6) is 0 Å². The van der Waals surface area contributed by atoms with Crippen LogP contribution >= 0.6 is 23.2 Å². The normalized spacial score (nSPS) is 15.1. The first kappa shape index (κ1) is 20.7. The summed E-state index contributed by atoms with van der Waals surface area (Å²) in [7, 11) is 0. The quantitative estimate of drug-likeness (QED) is 0.639. The number of nitrogens with one attached hydrogen (secondary N) is 1. The second-order valence-electron chi connectivity index (χ2n) is 7.80. The van der Waals surface area contributed by atoms with E-state index in [4.69, 9.17) is 23.2 Å². The van der Waals surface area contributed by atoms with Crippen LogP contribution in [-0.4, -0.2) is 45.5 Å². The number of benzene rings is 1. The molecule has 3 aromatic rings. The summed E-state index contributed by atoms with van der Waals surface area (Å²) in [5, 5.41) is 8.22. The monoisotopic (exact) mass is 444 g/mol. The van der Waals surface area contributed by atoms with Crippen LogP contribution in [-0.2, 0) is 0 Å². The number of aryl methyl sites for hydroxylation is 1. The predicted molar refractivity (Wildman–Crippen MR) is 117 cm³/mol. The van der Waals surface area contributed by atoms with E-state index in [1.54, 1.807) is 22.7 Å². The van der Waals surface area contributed by atoms with Crippen LogP contribution in [0, 0.1) is 12.8 Å². The van der Waals surface area contributed by atoms with Gasteiger partial charge in [0.15, 0.2) is 0 Å². The van der Waals surface area contributed by atoms with Gasteiger partial charge in [0.25, 0.3) is 11.8 Å². The van der Waals surface area contributed by atoms with E-state index < -0.39 is 0 Å². The van der Waals surface area contributed by atoms with Gasteiger partial charge in [-0.1, -0.05) is 29.3 Å². The molecular formula is C22H22Cl2N4O2. The summed E-state index contributed by atoms with van der Waals surface area (Å²) < 4.78 is 1.73. The molecule has 1 aliphatic rings. The topological polar surface area (TPSA) is 66.7 Å². The maximum atomic E-state index is 13.0. The minimum Gasteiger partial charge on any atom is -0.350 e. The maximum absolute atomic E-state index is 13.0. The fourth-order valence-electron chi connectivity index (χ4n) is 3.96. The number of hydrogen-bond donors (Lipinski definition) is 1. The number of pyridine rings is 1. The Bertz CT molecular complexity index is 1120. The molecule has 0 saturated carbocycles. The highest BCUT2D eigenvalue weighted by Crippen LogP contribution is 2.26. The molecule has 8 heteroatoms. The van der Waals surface area contributed by atoms with Crippen molar-refractivity contribution >= 4 is 40.5 Å². The Morgan fingerprint density at radius 1 is 1.23 bits per heavy atom. The van der Waals surface area contributed by atoms with Gasteiger partial charge < -0.3 is 10.2 Å². The first-order chi connectivity index (χ1) is 14.3. The molecule has 1 aliphatic heterocycles. The van der Waals surface area contributed by atoms with Gasteiger partial charge in [-0.2, -0.15) is 5.10 Å². The summed E-state index contributed by atoms with van der Waals surface area (Å²) in [5.41, 5.74) is 2.58. The Kier molecular flexibility index (Phi) is 5.71. The lowest BCUT2D eigenvalue weighted by molar-refractivity contribution is 0.0465. The van der Waals surface area contributed by atoms with Crippen LogP contribution in [0.2, 0.25) is 10.0 Å². The minimum atomic E-state index is -0.246. The van der Waals surface area contributed by atoms with Crippen molar-refractivity contribution in [1.29, 1.82) is 0 Å². The van der Waals surface area contributed by atoms with Crippen molar-refractivity contribution in [1.82, 2.24) is 19.8 Å². The summed E-state index contributed by atoms with van der Waals surface area (Å²) in [6.45, 7) is 5.15. The van der Waals surface area contributed by atoms with Gasteiger partial charge in [0.2, 0.25) is 0 Å². The lowest BCUT2D eigenvalue weighted by Crippen LogP contribution is -2.52. The van der Waals surface area contributed by atoms with E-state index in [2.05, 4.69) is 10.4 Å². The predicted octanol–water partition coefficient (Wildman–Crippen LogP) is 4.23. The Morgan fingerprint density at radius 2 is 2.00 bits per heavy atom. The van der Waals surface area contributed by atoms with Gasteiger partial charge >= 0.3 is 0 Å². The zero-order valence-electron chi connectivity index (χ0n) is 16.7. The standard InChI is InChI=1S/C22H22Cl2N4O2/c1-13(25-21(29)17-10-16(23)6-7-18(17)24)9-15-11-27(12-15)22(30)20-14(2)26-28-8-4-3-5-19(20)28/h3-8,10,13,15H,9,11-12H2,1-2H3,(H,25,29). The minimum absolute atomic E-state index is 0.00680. The highest BCUT2D eigenvalue weighted by atomic mass is 35.5. The molecular weight excluding hydrogens is 423 g/mol. The third-order valence-corrected chi connectivity index (χ3v) is 5.98. The summed E-state index contributed by atoms with van der Waals surface area (Å²) in [4.78, 5) is 27.3. The first-order valence-corrected chi connectivity index (χ1v) is 10.6. The van der Waals surface area contributed by atoms with Crippen molar-refractivity contribution in [3.05, 3.63) is 69.5 Å². The average Bonchev–Trinajstić information content (AvgIpc) is 3.01. The van der Waals surface area contributed by atoms with Crippen molar-refractivity contribution in [2.45, 2.75) is 26.3 Å². The molecule has 1 atom stereocenters. The van der Waals surface area contributed by atoms with E-state index in [1.807, 2.05) is 43.1 Å². The number of rotatable bonds is 5. The largest absolute Gasteiger partial charge is 0.350 e. The number of likely N-dealkylation sites (tertiary alicyclic amines) is 1. The smallest absolute Gasteiger partial charge is 0.257 e. The van der Waals surface area contributed by atoms with E-state index in [9.17, 15) is 9.59 Å². The van der Waals surface area contributed by atoms with Gasteiger partial charge in [-0.15, -0.1) is 0 Å². The lowest BCUT2D eigenvalue weighted by Gasteiger charge is -2.40. The van der Waals surface area contributed by atoms with Crippen molar-refractivity contribution in [2.24, 2.45) is 5.92 Å². The highest BCUT2D eigenvalue weighted by Gasteiger charge is 2.34. The first-order valence-electron chi connectivity index (χ1n) is 9.82. The van der Waals surface area contributed by atoms with Crippen molar-refractivity contribution in [3.63, 3.8) is 0 Å². The Balaban J connectivity index is 1.33. The van der Waals surface area contributed by atoms with E-state index in [0.717, 1.165) is 17.6 Å². The number of halogens is 2. The lowest BCUT2D eigenvalue weighted by atomic mass is 9.92. The van der Waals surface area contributed by atoms with Gasteiger partial charge in [0.1, 0.15) is 0 Å². The molecule has 1 saturated heterocycles. The molecule has 3 heterocycles. The molecule has 1 N–H and O–H groups in total. The molecule has 2 amide bonds. The number of nitrogens with zero attached hydrogens (tertiary/aromatic N) is 3. The van der Waals surface area contributed by atoms with Gasteiger partial charge in [-0.25, -0.2) is 4.52 Å². The summed E-state index contributed by atoms with van der Waals surface area (Å²) >= 11 is 12.1. The Morgan fingerprint density at radius 3 is 2.77 bits per heavy atom. The van der Waals surface area contributed by atoms with Gasteiger partial charge in [-0.3, -0.25) is 9.59 Å². The molecule has 0 bridgehead atoms. The van der Waals surface area contributed by atoms with Crippen molar-refractivity contribution in [2.75, 3.05) is 13.1 Å². The molecule has 2 aromatic heterocycles. The molecule has 0 spiro atoms. The SMILES string of the molecule is Cc1nn2ccccc2c1C(=O)N1CC(CC(C)NC(=O)c2cc(Cl)ccc2Cl)C1. The number of carbonyl (C=O) groups is 2. The second kappa shape index (κ2) is 8.28. The fourth-order valence-corrected chi connectivity index (χ4v) is 4.33. The molecule has 1 fully saturated rings. The van der Waals surface area contributed by atoms with E-state index >= 15 is 0 Å². The third kappa shape index (κ3) is 4.02. The maximum Gasteiger partial charge on any atom is 0.257 e. The number of carbonyl (C=O) groups excluding carboxylic acids is 2. The fraction of sp³-hybridized carbons (Fsp3) is 0.318. The Labute approximate surface area is 184 Å². The number of fused-ring (bicyclic) bond motifs is 1. The number of amides is 2. The number of aromatic nitrogens is 2. The van der Waals surface area contributed by atoms with Crippen molar-refractivity contribution in [3.8, 4) is 0 Å². The zero-order valence-corrected chi connectivity index (χ0v) is 18.2. The zero-order chi connectivity index (χ0) is 21.4.